The molecule has 1 heterocycles. The van der Waals surface area contributed by atoms with Crippen molar-refractivity contribution in [1.29, 1.82) is 0 Å². The Hall–Kier alpha value is -1.81. The van der Waals surface area contributed by atoms with Crippen molar-refractivity contribution < 1.29 is 4.74 Å². The maximum absolute atomic E-state index is 5.53. The molecule has 1 aromatic carbocycles. The van der Waals surface area contributed by atoms with E-state index in [1.165, 1.54) is 0 Å². The molecular formula is C14H19N3O. The lowest BCUT2D eigenvalue weighted by Gasteiger charge is -2.15. The van der Waals surface area contributed by atoms with Crippen LogP contribution < -0.4 is 10.1 Å². The fraction of sp³-hybridized carbons (Fsp3) is 0.357. The number of ether oxygens (including phenoxy) is 1. The van der Waals surface area contributed by atoms with Crippen LogP contribution in [0.15, 0.2) is 36.8 Å². The Morgan fingerprint density at radius 1 is 1.44 bits per heavy atom. The van der Waals surface area contributed by atoms with Crippen LogP contribution in [-0.4, -0.2) is 23.2 Å². The molecule has 0 amide bonds. The average Bonchev–Trinajstić information content (AvgIpc) is 2.78. The quantitative estimate of drug-likeness (QED) is 0.877. The van der Waals surface area contributed by atoms with Gasteiger partial charge in [-0.3, -0.25) is 0 Å². The lowest BCUT2D eigenvalue weighted by atomic mass is 10.0. The molecule has 0 radical (unpaired) electrons. The molecular weight excluding hydrogens is 226 g/mol. The summed E-state index contributed by atoms with van der Waals surface area (Å²) in [6, 6.07) is 8.20. The zero-order valence-electron chi connectivity index (χ0n) is 11.1. The molecule has 2 aromatic rings. The molecule has 1 N–H and O–H groups in total. The number of hydrogen-bond donors (Lipinski definition) is 1. The molecule has 18 heavy (non-hydrogen) atoms. The van der Waals surface area contributed by atoms with Crippen LogP contribution in [0.25, 0.3) is 0 Å². The number of aromatic nitrogens is 2. The van der Waals surface area contributed by atoms with E-state index in [1.54, 1.807) is 0 Å². The van der Waals surface area contributed by atoms with Gasteiger partial charge in [0.05, 0.1) is 24.7 Å². The molecule has 0 saturated heterocycles. The van der Waals surface area contributed by atoms with Gasteiger partial charge >= 0.3 is 0 Å². The molecule has 96 valence electrons. The lowest BCUT2D eigenvalue weighted by Crippen LogP contribution is -2.18. The van der Waals surface area contributed by atoms with E-state index in [2.05, 4.69) is 22.4 Å². The zero-order valence-corrected chi connectivity index (χ0v) is 11.1. The van der Waals surface area contributed by atoms with E-state index in [9.17, 15) is 0 Å². The highest BCUT2D eigenvalue weighted by Crippen LogP contribution is 2.23. The van der Waals surface area contributed by atoms with Gasteiger partial charge in [-0.25, -0.2) is 4.98 Å². The van der Waals surface area contributed by atoms with Crippen molar-refractivity contribution in [3.63, 3.8) is 0 Å². The van der Waals surface area contributed by atoms with E-state index in [4.69, 9.17) is 4.74 Å². The second kappa shape index (κ2) is 5.69. The SMILES string of the molecule is CCOc1cccc(C(NC)c2cn(C)cn2)c1. The molecule has 4 heteroatoms. The number of rotatable bonds is 5. The molecule has 1 aromatic heterocycles. The first kappa shape index (κ1) is 12.6. The van der Waals surface area contributed by atoms with E-state index >= 15 is 0 Å². The third kappa shape index (κ3) is 2.71. The first-order valence-corrected chi connectivity index (χ1v) is 6.12. The van der Waals surface area contributed by atoms with Crippen molar-refractivity contribution in [2.45, 2.75) is 13.0 Å². The van der Waals surface area contributed by atoms with Gasteiger partial charge in [-0.05, 0) is 31.7 Å². The average molecular weight is 245 g/mol. The summed E-state index contributed by atoms with van der Waals surface area (Å²) in [5.41, 5.74) is 2.16. The van der Waals surface area contributed by atoms with E-state index < -0.39 is 0 Å². The summed E-state index contributed by atoms with van der Waals surface area (Å²) in [6.45, 7) is 2.66. The Labute approximate surface area is 108 Å². The topological polar surface area (TPSA) is 39.1 Å². The number of aryl methyl sites for hydroxylation is 1. The van der Waals surface area contributed by atoms with Crippen molar-refractivity contribution in [3.8, 4) is 5.75 Å². The number of nitrogens with zero attached hydrogens (tertiary/aromatic N) is 2. The van der Waals surface area contributed by atoms with Gasteiger partial charge in [-0.2, -0.15) is 0 Å². The summed E-state index contributed by atoms with van der Waals surface area (Å²) in [4.78, 5) is 4.40. The summed E-state index contributed by atoms with van der Waals surface area (Å²) in [7, 11) is 3.91. The molecule has 0 spiro atoms. The Balaban J connectivity index is 2.29. The smallest absolute Gasteiger partial charge is 0.119 e. The normalized spacial score (nSPS) is 12.4. The number of imidazole rings is 1. The summed E-state index contributed by atoms with van der Waals surface area (Å²) >= 11 is 0. The molecule has 0 aliphatic rings. The van der Waals surface area contributed by atoms with Crippen LogP contribution in [0.4, 0.5) is 0 Å². The van der Waals surface area contributed by atoms with Crippen LogP contribution in [0.3, 0.4) is 0 Å². The predicted octanol–water partition coefficient (Wildman–Crippen LogP) is 2.13. The maximum Gasteiger partial charge on any atom is 0.119 e. The van der Waals surface area contributed by atoms with E-state index in [0.29, 0.717) is 6.61 Å². The fourth-order valence-electron chi connectivity index (χ4n) is 2.02. The molecule has 4 nitrogen and oxygen atoms in total. The highest BCUT2D eigenvalue weighted by molar-refractivity contribution is 5.34. The molecule has 0 bridgehead atoms. The molecule has 0 saturated carbocycles. The molecule has 0 fully saturated rings. The largest absolute Gasteiger partial charge is 0.494 e. The van der Waals surface area contributed by atoms with Crippen molar-refractivity contribution >= 4 is 0 Å². The third-order valence-electron chi connectivity index (χ3n) is 2.81. The zero-order chi connectivity index (χ0) is 13.0. The van der Waals surface area contributed by atoms with Crippen LogP contribution in [-0.2, 0) is 7.05 Å². The Kier molecular flexibility index (Phi) is 3.99. The van der Waals surface area contributed by atoms with Crippen molar-refractivity contribution in [3.05, 3.63) is 48.0 Å². The van der Waals surface area contributed by atoms with Crippen molar-refractivity contribution in [2.75, 3.05) is 13.7 Å². The number of benzene rings is 1. The minimum absolute atomic E-state index is 0.0895. The third-order valence-corrected chi connectivity index (χ3v) is 2.81. The molecule has 0 aliphatic heterocycles. The van der Waals surface area contributed by atoms with Crippen molar-refractivity contribution in [1.82, 2.24) is 14.9 Å². The monoisotopic (exact) mass is 245 g/mol. The Morgan fingerprint density at radius 2 is 2.28 bits per heavy atom. The molecule has 0 aliphatic carbocycles. The number of nitrogens with one attached hydrogen (secondary N) is 1. The van der Waals surface area contributed by atoms with Gasteiger partial charge in [0.15, 0.2) is 0 Å². The van der Waals surface area contributed by atoms with Gasteiger partial charge < -0.3 is 14.6 Å². The van der Waals surface area contributed by atoms with Gasteiger partial charge in [-0.1, -0.05) is 12.1 Å². The second-order valence-electron chi connectivity index (χ2n) is 4.19. The standard InChI is InChI=1S/C14H19N3O/c1-4-18-12-7-5-6-11(8-12)14(15-2)13-9-17(3)10-16-13/h5-10,14-15H,4H2,1-3H3. The van der Waals surface area contributed by atoms with Gasteiger partial charge in [0.1, 0.15) is 5.75 Å². The first-order valence-electron chi connectivity index (χ1n) is 6.12. The summed E-state index contributed by atoms with van der Waals surface area (Å²) in [6.07, 6.45) is 3.83. The van der Waals surface area contributed by atoms with Crippen LogP contribution in [0, 0.1) is 0 Å². The van der Waals surface area contributed by atoms with Crippen LogP contribution >= 0.6 is 0 Å². The highest BCUT2D eigenvalue weighted by atomic mass is 16.5. The van der Waals surface area contributed by atoms with Gasteiger partial charge in [0.2, 0.25) is 0 Å². The fourth-order valence-corrected chi connectivity index (χ4v) is 2.02. The lowest BCUT2D eigenvalue weighted by molar-refractivity contribution is 0.339. The van der Waals surface area contributed by atoms with Crippen LogP contribution in [0.1, 0.15) is 24.2 Å². The summed E-state index contributed by atoms with van der Waals surface area (Å²) in [5, 5.41) is 3.29. The number of hydrogen-bond acceptors (Lipinski definition) is 3. The summed E-state index contributed by atoms with van der Waals surface area (Å²) < 4.78 is 7.48. The molecule has 1 atom stereocenters. The predicted molar refractivity (Wildman–Crippen MR) is 71.7 cm³/mol. The Bertz CT molecular complexity index is 507. The van der Waals surface area contributed by atoms with E-state index in [0.717, 1.165) is 17.0 Å². The second-order valence-corrected chi connectivity index (χ2v) is 4.19. The van der Waals surface area contributed by atoms with Gasteiger partial charge in [0, 0.05) is 13.2 Å². The molecule has 2 rings (SSSR count). The van der Waals surface area contributed by atoms with E-state index in [-0.39, 0.29) is 6.04 Å². The molecule has 1 unspecified atom stereocenters. The van der Waals surface area contributed by atoms with E-state index in [1.807, 2.05) is 50.2 Å². The van der Waals surface area contributed by atoms with Crippen molar-refractivity contribution in [2.24, 2.45) is 7.05 Å². The maximum atomic E-state index is 5.53. The summed E-state index contributed by atoms with van der Waals surface area (Å²) in [5.74, 6) is 0.895. The minimum atomic E-state index is 0.0895. The van der Waals surface area contributed by atoms with Crippen LogP contribution in [0.2, 0.25) is 0 Å². The Morgan fingerprint density at radius 3 is 2.89 bits per heavy atom. The van der Waals surface area contributed by atoms with Gasteiger partial charge in [-0.15, -0.1) is 0 Å². The minimum Gasteiger partial charge on any atom is -0.494 e. The van der Waals surface area contributed by atoms with Crippen LogP contribution in [0.5, 0.6) is 5.75 Å². The highest BCUT2D eigenvalue weighted by Gasteiger charge is 2.14. The first-order chi connectivity index (χ1) is 8.74. The van der Waals surface area contributed by atoms with Gasteiger partial charge in [0.25, 0.3) is 0 Å².